The van der Waals surface area contributed by atoms with Gasteiger partial charge in [0.05, 0.1) is 6.54 Å². The molecule has 0 radical (unpaired) electrons. The number of hydrogen-bond donors (Lipinski definition) is 3. The Bertz CT molecular complexity index is 528. The first-order valence-electron chi connectivity index (χ1n) is 7.01. The Morgan fingerprint density at radius 3 is 2.50 bits per heavy atom. The maximum Gasteiger partial charge on any atom is 0.326 e. The first kappa shape index (κ1) is 17.4. The normalized spacial score (nSPS) is 11.3. The van der Waals surface area contributed by atoms with Crippen molar-refractivity contribution in [2.24, 2.45) is 0 Å². The minimum atomic E-state index is -1.09. The second kappa shape index (κ2) is 9.33. The Morgan fingerprint density at radius 2 is 1.91 bits per heavy atom. The van der Waals surface area contributed by atoms with E-state index in [1.807, 2.05) is 0 Å². The van der Waals surface area contributed by atoms with E-state index in [4.69, 9.17) is 5.11 Å². The highest BCUT2D eigenvalue weighted by molar-refractivity contribution is 5.96. The topological polar surface area (TPSA) is 95.5 Å². The molecule has 0 aliphatic carbocycles. The van der Waals surface area contributed by atoms with Crippen molar-refractivity contribution in [3.8, 4) is 0 Å². The lowest BCUT2D eigenvalue weighted by molar-refractivity contribution is -0.141. The molecule has 0 unspecified atom stereocenters. The summed E-state index contributed by atoms with van der Waals surface area (Å²) in [6, 6.07) is 7.51. The second-order valence-corrected chi connectivity index (χ2v) is 4.73. The molecule has 0 saturated carbocycles. The molecule has 6 heteroatoms. The van der Waals surface area contributed by atoms with Crippen LogP contribution in [0, 0.1) is 0 Å². The molecule has 22 heavy (non-hydrogen) atoms. The lowest BCUT2D eigenvalue weighted by Gasteiger charge is -2.14. The zero-order valence-electron chi connectivity index (χ0n) is 12.2. The number of allylic oxidation sites excluding steroid dienone is 1. The fraction of sp³-hybridized carbons (Fsp3) is 0.312. The summed E-state index contributed by atoms with van der Waals surface area (Å²) in [4.78, 5) is 34.5. The zero-order valence-corrected chi connectivity index (χ0v) is 12.2. The fourth-order valence-electron chi connectivity index (χ4n) is 1.82. The van der Waals surface area contributed by atoms with Crippen LogP contribution in [-0.4, -0.2) is 35.5 Å². The molecule has 0 heterocycles. The van der Waals surface area contributed by atoms with E-state index in [1.54, 1.807) is 36.4 Å². The molecule has 1 rings (SSSR count). The molecule has 3 N–H and O–H groups in total. The maximum atomic E-state index is 11.8. The Kier molecular flexibility index (Phi) is 7.39. The average Bonchev–Trinajstić information content (AvgIpc) is 2.52. The number of carboxylic acid groups (broad SMARTS) is 1. The molecule has 0 aliphatic rings. The minimum Gasteiger partial charge on any atom is -0.480 e. The van der Waals surface area contributed by atoms with Crippen molar-refractivity contribution in [2.75, 3.05) is 6.54 Å². The van der Waals surface area contributed by atoms with Crippen LogP contribution in [0.15, 0.2) is 43.0 Å². The summed E-state index contributed by atoms with van der Waals surface area (Å²) < 4.78 is 0. The van der Waals surface area contributed by atoms with E-state index < -0.39 is 17.9 Å². The van der Waals surface area contributed by atoms with E-state index in [0.717, 1.165) is 0 Å². The van der Waals surface area contributed by atoms with Crippen LogP contribution in [0.1, 0.15) is 29.6 Å². The van der Waals surface area contributed by atoms with Crippen LogP contribution in [0.5, 0.6) is 0 Å². The number of carbonyl (C=O) groups is 3. The van der Waals surface area contributed by atoms with Crippen molar-refractivity contribution in [2.45, 2.75) is 25.3 Å². The average molecular weight is 304 g/mol. The summed E-state index contributed by atoms with van der Waals surface area (Å²) in [6.45, 7) is 3.29. The summed E-state index contributed by atoms with van der Waals surface area (Å²) in [5.41, 5.74) is 0.441. The van der Waals surface area contributed by atoms with Crippen LogP contribution < -0.4 is 10.6 Å². The van der Waals surface area contributed by atoms with Crippen molar-refractivity contribution in [1.29, 1.82) is 0 Å². The third-order valence-corrected chi connectivity index (χ3v) is 2.98. The maximum absolute atomic E-state index is 11.8. The van der Waals surface area contributed by atoms with Gasteiger partial charge in [-0.3, -0.25) is 9.59 Å². The number of benzene rings is 1. The van der Waals surface area contributed by atoms with Gasteiger partial charge in [0, 0.05) is 5.56 Å². The first-order chi connectivity index (χ1) is 10.5. The quantitative estimate of drug-likeness (QED) is 0.474. The molecule has 0 fully saturated rings. The number of nitrogens with one attached hydrogen (secondary N) is 2. The highest BCUT2D eigenvalue weighted by atomic mass is 16.4. The molecule has 1 aromatic rings. The van der Waals surface area contributed by atoms with Crippen LogP contribution in [0.25, 0.3) is 0 Å². The number of aliphatic carboxylic acids is 1. The molecule has 6 nitrogen and oxygen atoms in total. The lowest BCUT2D eigenvalue weighted by atomic mass is 10.1. The lowest BCUT2D eigenvalue weighted by Crippen LogP contribution is -2.45. The zero-order chi connectivity index (χ0) is 16.4. The van der Waals surface area contributed by atoms with E-state index in [9.17, 15) is 14.4 Å². The van der Waals surface area contributed by atoms with E-state index in [-0.39, 0.29) is 12.5 Å². The van der Waals surface area contributed by atoms with Gasteiger partial charge in [-0.25, -0.2) is 4.79 Å². The second-order valence-electron chi connectivity index (χ2n) is 4.73. The van der Waals surface area contributed by atoms with Crippen LogP contribution in [0.2, 0.25) is 0 Å². The van der Waals surface area contributed by atoms with Gasteiger partial charge in [-0.15, -0.1) is 6.58 Å². The van der Waals surface area contributed by atoms with E-state index in [0.29, 0.717) is 24.8 Å². The van der Waals surface area contributed by atoms with Gasteiger partial charge in [-0.2, -0.15) is 0 Å². The van der Waals surface area contributed by atoms with Gasteiger partial charge in [0.1, 0.15) is 6.04 Å². The molecule has 0 bridgehead atoms. The highest BCUT2D eigenvalue weighted by Gasteiger charge is 2.19. The minimum absolute atomic E-state index is 0.265. The number of carboxylic acids is 1. The number of unbranched alkanes of at least 4 members (excludes halogenated alkanes) is 1. The summed E-state index contributed by atoms with van der Waals surface area (Å²) in [6.07, 6.45) is 3.32. The van der Waals surface area contributed by atoms with Gasteiger partial charge in [-0.1, -0.05) is 24.3 Å². The predicted octanol–water partition coefficient (Wildman–Crippen LogP) is 1.34. The molecular formula is C16H20N2O4. The van der Waals surface area contributed by atoms with Gasteiger partial charge in [0.2, 0.25) is 5.91 Å². The van der Waals surface area contributed by atoms with Crippen molar-refractivity contribution < 1.29 is 19.5 Å². The smallest absolute Gasteiger partial charge is 0.326 e. The molecule has 0 spiro atoms. The summed E-state index contributed by atoms with van der Waals surface area (Å²) >= 11 is 0. The van der Waals surface area contributed by atoms with Gasteiger partial charge in [-0.05, 0) is 31.4 Å². The summed E-state index contributed by atoms with van der Waals surface area (Å²) in [7, 11) is 0. The van der Waals surface area contributed by atoms with Gasteiger partial charge in [0.15, 0.2) is 0 Å². The molecule has 118 valence electrons. The predicted molar refractivity (Wildman–Crippen MR) is 82.4 cm³/mol. The van der Waals surface area contributed by atoms with Crippen LogP contribution in [0.4, 0.5) is 0 Å². The molecule has 0 aliphatic heterocycles. The van der Waals surface area contributed by atoms with Gasteiger partial charge < -0.3 is 15.7 Å². The fourth-order valence-corrected chi connectivity index (χ4v) is 1.82. The van der Waals surface area contributed by atoms with E-state index >= 15 is 0 Å². The molecule has 1 atom stereocenters. The number of hydrogen-bond acceptors (Lipinski definition) is 3. The molecule has 0 saturated heterocycles. The molecule has 1 aromatic carbocycles. The van der Waals surface area contributed by atoms with Gasteiger partial charge >= 0.3 is 5.97 Å². The van der Waals surface area contributed by atoms with Crippen LogP contribution >= 0.6 is 0 Å². The van der Waals surface area contributed by atoms with Crippen molar-refractivity contribution >= 4 is 17.8 Å². The number of amides is 2. The highest BCUT2D eigenvalue weighted by Crippen LogP contribution is 2.02. The third-order valence-electron chi connectivity index (χ3n) is 2.98. The van der Waals surface area contributed by atoms with E-state index in [1.165, 1.54) is 0 Å². The molecule has 0 aromatic heterocycles. The Balaban J connectivity index is 2.41. The molecule has 2 amide bonds. The largest absolute Gasteiger partial charge is 0.480 e. The van der Waals surface area contributed by atoms with Crippen LogP contribution in [-0.2, 0) is 9.59 Å². The van der Waals surface area contributed by atoms with Crippen molar-refractivity contribution in [3.63, 3.8) is 0 Å². The number of rotatable bonds is 9. The van der Waals surface area contributed by atoms with E-state index in [2.05, 4.69) is 17.2 Å². The third kappa shape index (κ3) is 6.21. The number of carbonyl (C=O) groups excluding carboxylic acids is 2. The Morgan fingerprint density at radius 1 is 1.23 bits per heavy atom. The SMILES string of the molecule is C=CCCC[C@H](NC(=O)CNC(=O)c1ccccc1)C(=O)O. The molecular weight excluding hydrogens is 284 g/mol. The van der Waals surface area contributed by atoms with Crippen molar-refractivity contribution in [1.82, 2.24) is 10.6 Å². The first-order valence-corrected chi connectivity index (χ1v) is 7.01. The Labute approximate surface area is 129 Å². The van der Waals surface area contributed by atoms with Crippen LogP contribution in [0.3, 0.4) is 0 Å². The van der Waals surface area contributed by atoms with Crippen molar-refractivity contribution in [3.05, 3.63) is 48.6 Å². The Hall–Kier alpha value is -2.63. The summed E-state index contributed by atoms with van der Waals surface area (Å²) in [5.74, 6) is -2.00. The standard InChI is InChI=1S/C16H20N2O4/c1-2-3-5-10-13(16(21)22)18-14(19)11-17-15(20)12-8-6-4-7-9-12/h2,4,6-9,13H,1,3,5,10-11H2,(H,17,20)(H,18,19)(H,21,22)/t13-/m0/s1. The monoisotopic (exact) mass is 304 g/mol. The van der Waals surface area contributed by atoms with Gasteiger partial charge in [0.25, 0.3) is 5.91 Å². The summed E-state index contributed by atoms with van der Waals surface area (Å²) in [5, 5.41) is 13.9.